The van der Waals surface area contributed by atoms with Crippen molar-refractivity contribution in [1.29, 1.82) is 0 Å². The number of carbonyl (C=O) groups is 1. The monoisotopic (exact) mass is 512 g/mol. The van der Waals surface area contributed by atoms with Crippen molar-refractivity contribution >= 4 is 46.0 Å². The summed E-state index contributed by atoms with van der Waals surface area (Å²) in [6, 6.07) is 7.39. The van der Waals surface area contributed by atoms with Crippen LogP contribution in [0.2, 0.25) is 10.0 Å². The van der Waals surface area contributed by atoms with E-state index in [4.69, 9.17) is 32.7 Å². The number of benzene rings is 2. The zero-order valence-corrected chi connectivity index (χ0v) is 21.3. The lowest BCUT2D eigenvalue weighted by Crippen LogP contribution is -2.48. The largest absolute Gasteiger partial charge is 0.495 e. The molecule has 1 aliphatic carbocycles. The first-order valence-corrected chi connectivity index (χ1v) is 12.1. The Morgan fingerprint density at radius 1 is 1.06 bits per heavy atom. The quantitative estimate of drug-likeness (QED) is 0.425. The van der Waals surface area contributed by atoms with Crippen LogP contribution in [0.1, 0.15) is 32.6 Å². The Hall–Kier alpha value is -3.21. The van der Waals surface area contributed by atoms with Gasteiger partial charge < -0.3 is 20.1 Å². The Labute approximate surface area is 214 Å². The third-order valence-corrected chi connectivity index (χ3v) is 6.83. The van der Waals surface area contributed by atoms with Crippen LogP contribution in [0.3, 0.4) is 0 Å². The van der Waals surface area contributed by atoms with Crippen LogP contribution in [-0.4, -0.2) is 42.2 Å². The molecule has 1 amide bonds. The molecular weight excluding hydrogens is 487 g/mol. The van der Waals surface area contributed by atoms with Crippen molar-refractivity contribution in [3.63, 3.8) is 0 Å². The van der Waals surface area contributed by atoms with Gasteiger partial charge in [0.25, 0.3) is 5.91 Å². The standard InChI is InChI=1S/C26H26Cl2N4O3/c1-4-7-22(33)30-18-8-5-6-9-19(18)32-26-29-14-16-12-15(10-11-17(16)31-26)23-24(27)20(34-2)13-21(35-3)25(23)28/h10-14,18-19H,5-6,8-9H2,1-3H3,(H,30,33)(H,29,31,32)/t18-,19+/m0/s1. The van der Waals surface area contributed by atoms with E-state index in [2.05, 4.69) is 32.4 Å². The van der Waals surface area contributed by atoms with Crippen molar-refractivity contribution in [2.75, 3.05) is 19.5 Å². The molecule has 35 heavy (non-hydrogen) atoms. The van der Waals surface area contributed by atoms with Gasteiger partial charge in [-0.05, 0) is 43.4 Å². The van der Waals surface area contributed by atoms with Crippen molar-refractivity contribution < 1.29 is 14.3 Å². The molecule has 0 saturated heterocycles. The summed E-state index contributed by atoms with van der Waals surface area (Å²) in [4.78, 5) is 21.2. The Kier molecular flexibility index (Phi) is 7.84. The molecule has 2 aromatic carbocycles. The molecule has 0 bridgehead atoms. The van der Waals surface area contributed by atoms with E-state index in [1.54, 1.807) is 33.4 Å². The molecule has 9 heteroatoms. The molecule has 0 spiro atoms. The van der Waals surface area contributed by atoms with Gasteiger partial charge in [0.05, 0.1) is 29.8 Å². The predicted molar refractivity (Wildman–Crippen MR) is 139 cm³/mol. The fourth-order valence-corrected chi connectivity index (χ4v) is 5.08. The van der Waals surface area contributed by atoms with Crippen LogP contribution in [0.25, 0.3) is 22.0 Å². The van der Waals surface area contributed by atoms with Gasteiger partial charge in [0, 0.05) is 35.3 Å². The van der Waals surface area contributed by atoms with Gasteiger partial charge in [-0.1, -0.05) is 48.0 Å². The third-order valence-electron chi connectivity index (χ3n) is 6.08. The van der Waals surface area contributed by atoms with E-state index < -0.39 is 0 Å². The van der Waals surface area contributed by atoms with Gasteiger partial charge in [-0.15, -0.1) is 0 Å². The summed E-state index contributed by atoms with van der Waals surface area (Å²) in [5.41, 5.74) is 2.17. The lowest BCUT2D eigenvalue weighted by Gasteiger charge is -2.32. The SMILES string of the molecule is CC#CC(=O)N[C@H]1CCCC[C@H]1Nc1ncc2cc(-c3c(Cl)c(OC)cc(OC)c3Cl)ccc2n1. The molecule has 3 aromatic rings. The highest BCUT2D eigenvalue weighted by molar-refractivity contribution is 6.41. The molecule has 4 rings (SSSR count). The fraction of sp³-hybridized carbons (Fsp3) is 0.346. The molecule has 0 radical (unpaired) electrons. The van der Waals surface area contributed by atoms with E-state index in [0.717, 1.165) is 42.1 Å². The highest BCUT2D eigenvalue weighted by atomic mass is 35.5. The van der Waals surface area contributed by atoms with Gasteiger partial charge in [0.1, 0.15) is 11.5 Å². The second kappa shape index (κ2) is 11.0. The minimum atomic E-state index is -0.260. The number of rotatable bonds is 6. The Bertz CT molecular complexity index is 1290. The van der Waals surface area contributed by atoms with Gasteiger partial charge >= 0.3 is 0 Å². The van der Waals surface area contributed by atoms with Crippen LogP contribution < -0.4 is 20.1 Å². The van der Waals surface area contributed by atoms with Crippen molar-refractivity contribution in [2.45, 2.75) is 44.7 Å². The summed E-state index contributed by atoms with van der Waals surface area (Å²) in [6.45, 7) is 1.65. The maximum absolute atomic E-state index is 12.0. The molecule has 1 aromatic heterocycles. The molecule has 0 aliphatic heterocycles. The lowest BCUT2D eigenvalue weighted by molar-refractivity contribution is -0.116. The summed E-state index contributed by atoms with van der Waals surface area (Å²) >= 11 is 13.2. The molecule has 2 N–H and O–H groups in total. The lowest BCUT2D eigenvalue weighted by atomic mass is 9.90. The van der Waals surface area contributed by atoms with Crippen LogP contribution in [0.5, 0.6) is 11.5 Å². The average Bonchev–Trinajstić information content (AvgIpc) is 2.85. The summed E-state index contributed by atoms with van der Waals surface area (Å²) in [5.74, 6) is 6.38. The van der Waals surface area contributed by atoms with E-state index >= 15 is 0 Å². The third kappa shape index (κ3) is 5.39. The van der Waals surface area contributed by atoms with E-state index in [9.17, 15) is 4.79 Å². The molecule has 182 valence electrons. The highest BCUT2D eigenvalue weighted by Crippen LogP contribution is 2.46. The smallest absolute Gasteiger partial charge is 0.296 e. The number of anilines is 1. The number of hydrogen-bond acceptors (Lipinski definition) is 6. The minimum Gasteiger partial charge on any atom is -0.495 e. The molecule has 1 aliphatic rings. The van der Waals surface area contributed by atoms with Crippen molar-refractivity contribution in [3.8, 4) is 34.5 Å². The van der Waals surface area contributed by atoms with Crippen LogP contribution >= 0.6 is 23.2 Å². The maximum atomic E-state index is 12.0. The summed E-state index contributed by atoms with van der Waals surface area (Å²) < 4.78 is 10.8. The number of aromatic nitrogens is 2. The Morgan fingerprint density at radius 3 is 2.40 bits per heavy atom. The Morgan fingerprint density at radius 2 is 1.74 bits per heavy atom. The average molecular weight is 513 g/mol. The number of hydrogen-bond donors (Lipinski definition) is 2. The Balaban J connectivity index is 1.62. The fourth-order valence-electron chi connectivity index (χ4n) is 4.36. The molecule has 0 unspecified atom stereocenters. The zero-order valence-electron chi connectivity index (χ0n) is 19.7. The second-order valence-electron chi connectivity index (χ2n) is 8.24. The van der Waals surface area contributed by atoms with Crippen molar-refractivity contribution in [2.24, 2.45) is 0 Å². The second-order valence-corrected chi connectivity index (χ2v) is 9.00. The van der Waals surface area contributed by atoms with E-state index in [-0.39, 0.29) is 18.0 Å². The maximum Gasteiger partial charge on any atom is 0.296 e. The summed E-state index contributed by atoms with van der Waals surface area (Å²) in [5, 5.41) is 8.03. The number of fused-ring (bicyclic) bond motifs is 1. The first kappa shape index (κ1) is 24.9. The molecule has 2 atom stereocenters. The molecule has 1 fully saturated rings. The number of halogens is 2. The van der Waals surface area contributed by atoms with Gasteiger partial charge in [0.2, 0.25) is 5.95 Å². The molecule has 1 heterocycles. The van der Waals surface area contributed by atoms with Gasteiger partial charge in [-0.2, -0.15) is 0 Å². The molecular formula is C26H26Cl2N4O3. The number of carbonyl (C=O) groups excluding carboxylic acids is 1. The molecule has 7 nitrogen and oxygen atoms in total. The minimum absolute atomic E-state index is 0.0221. The van der Waals surface area contributed by atoms with Gasteiger partial charge in [-0.3, -0.25) is 4.79 Å². The van der Waals surface area contributed by atoms with E-state index in [1.165, 1.54) is 0 Å². The number of methoxy groups -OCH3 is 2. The highest BCUT2D eigenvalue weighted by Gasteiger charge is 2.27. The number of ether oxygens (including phenoxy) is 2. The normalized spacial score (nSPS) is 17.3. The van der Waals surface area contributed by atoms with Gasteiger partial charge in [-0.25, -0.2) is 9.97 Å². The topological polar surface area (TPSA) is 85.4 Å². The van der Waals surface area contributed by atoms with Crippen LogP contribution in [-0.2, 0) is 4.79 Å². The van der Waals surface area contributed by atoms with Crippen molar-refractivity contribution in [1.82, 2.24) is 15.3 Å². The number of nitrogens with zero attached hydrogens (tertiary/aromatic N) is 2. The first-order valence-electron chi connectivity index (χ1n) is 11.3. The van der Waals surface area contributed by atoms with Crippen molar-refractivity contribution in [3.05, 3.63) is 40.5 Å². The number of amides is 1. The summed E-state index contributed by atoms with van der Waals surface area (Å²) in [7, 11) is 3.08. The van der Waals surface area contributed by atoms with Crippen LogP contribution in [0.4, 0.5) is 5.95 Å². The van der Waals surface area contributed by atoms with E-state index in [1.807, 2.05) is 18.2 Å². The molecule has 1 saturated carbocycles. The predicted octanol–water partition coefficient (Wildman–Crippen LogP) is 5.48. The van der Waals surface area contributed by atoms with Gasteiger partial charge in [0.15, 0.2) is 0 Å². The van der Waals surface area contributed by atoms with Crippen LogP contribution in [0.15, 0.2) is 30.5 Å². The van der Waals surface area contributed by atoms with Crippen LogP contribution in [0, 0.1) is 11.8 Å². The summed E-state index contributed by atoms with van der Waals surface area (Å²) in [6.07, 6.45) is 5.69. The van der Waals surface area contributed by atoms with E-state index in [0.29, 0.717) is 33.1 Å². The number of nitrogens with one attached hydrogen (secondary N) is 2. The first-order chi connectivity index (χ1) is 16.9. The zero-order chi connectivity index (χ0) is 24.9.